The lowest BCUT2D eigenvalue weighted by Crippen LogP contribution is -2.22. The van der Waals surface area contributed by atoms with Crippen molar-refractivity contribution in [3.8, 4) is 6.07 Å². The largest absolute Gasteiger partial charge is 0.382 e. The van der Waals surface area contributed by atoms with E-state index in [1.807, 2.05) is 0 Å². The molecule has 0 unspecified atom stereocenters. The first kappa shape index (κ1) is 11.7. The van der Waals surface area contributed by atoms with E-state index in [1.165, 1.54) is 6.07 Å². The van der Waals surface area contributed by atoms with Gasteiger partial charge in [0.25, 0.3) is 0 Å². The summed E-state index contributed by atoms with van der Waals surface area (Å²) in [7, 11) is 0. The third kappa shape index (κ3) is 2.54. The van der Waals surface area contributed by atoms with Gasteiger partial charge in [-0.05, 0) is 18.6 Å². The molecule has 1 aromatic carbocycles. The summed E-state index contributed by atoms with van der Waals surface area (Å²) in [5, 5.41) is 19.1. The Labute approximate surface area is 91.9 Å². The molecule has 0 aliphatic carbocycles. The average molecular weight is 219 g/mol. The van der Waals surface area contributed by atoms with Crippen molar-refractivity contribution in [2.45, 2.75) is 6.92 Å². The zero-order chi connectivity index (χ0) is 12.1. The number of nitriles is 1. The zero-order valence-electron chi connectivity index (χ0n) is 8.58. The van der Waals surface area contributed by atoms with Gasteiger partial charge in [0.2, 0.25) is 5.71 Å². The molecule has 1 aromatic rings. The summed E-state index contributed by atoms with van der Waals surface area (Å²) in [4.78, 5) is 0. The molecular weight excluding hydrogens is 209 g/mol. The summed E-state index contributed by atoms with van der Waals surface area (Å²) < 4.78 is 13.5. The van der Waals surface area contributed by atoms with Gasteiger partial charge in [0.15, 0.2) is 11.7 Å². The highest BCUT2D eigenvalue weighted by Gasteiger charge is 2.05. The molecule has 0 aliphatic rings. The van der Waals surface area contributed by atoms with Gasteiger partial charge in [-0.3, -0.25) is 10.8 Å². The summed E-state index contributed by atoms with van der Waals surface area (Å²) in [6, 6.07) is 6.35. The van der Waals surface area contributed by atoms with Gasteiger partial charge >= 0.3 is 0 Å². The van der Waals surface area contributed by atoms with Crippen LogP contribution in [0.15, 0.2) is 23.3 Å². The predicted octanol–water partition coefficient (Wildman–Crippen LogP) is 1.36. The third-order valence-electron chi connectivity index (χ3n) is 1.84. The number of rotatable bonds is 3. The van der Waals surface area contributed by atoms with Crippen LogP contribution in [-0.4, -0.2) is 11.5 Å². The van der Waals surface area contributed by atoms with E-state index in [-0.39, 0.29) is 11.4 Å². The van der Waals surface area contributed by atoms with Gasteiger partial charge in [-0.25, -0.2) is 4.39 Å². The molecule has 0 amide bonds. The first-order valence-electron chi connectivity index (χ1n) is 4.39. The number of nitrogens with zero attached hydrogens (tertiary/aromatic N) is 2. The van der Waals surface area contributed by atoms with Crippen molar-refractivity contribution in [3.05, 3.63) is 29.6 Å². The lowest BCUT2D eigenvalue weighted by Gasteiger charge is -2.04. The fourth-order valence-corrected chi connectivity index (χ4v) is 0.995. The standard InChI is InChI=1S/C10H10FN5/c1-6-3-2-4-7(9(6)11)15-16-8(5-12)10(13)14/h2-4,15H,1H3,(H3,13,14)/b16-8+. The molecule has 6 heteroatoms. The van der Waals surface area contributed by atoms with Crippen molar-refractivity contribution in [1.29, 1.82) is 10.7 Å². The predicted molar refractivity (Wildman–Crippen MR) is 59.7 cm³/mol. The molecule has 0 fully saturated rings. The van der Waals surface area contributed by atoms with E-state index in [2.05, 4.69) is 10.5 Å². The van der Waals surface area contributed by atoms with Crippen LogP contribution < -0.4 is 11.2 Å². The van der Waals surface area contributed by atoms with Crippen LogP contribution in [0, 0.1) is 29.5 Å². The molecule has 0 heterocycles. The number of halogens is 1. The van der Waals surface area contributed by atoms with Crippen LogP contribution in [0.1, 0.15) is 5.56 Å². The molecule has 0 radical (unpaired) electrons. The Morgan fingerprint density at radius 1 is 1.62 bits per heavy atom. The molecular formula is C10H10FN5. The minimum absolute atomic E-state index is 0.133. The first-order chi connectivity index (χ1) is 7.56. The first-order valence-corrected chi connectivity index (χ1v) is 4.39. The minimum Gasteiger partial charge on any atom is -0.382 e. The van der Waals surface area contributed by atoms with Gasteiger partial charge in [-0.1, -0.05) is 12.1 Å². The lowest BCUT2D eigenvalue weighted by atomic mass is 10.2. The molecule has 4 N–H and O–H groups in total. The average Bonchev–Trinajstić information content (AvgIpc) is 2.24. The molecule has 0 spiro atoms. The van der Waals surface area contributed by atoms with Gasteiger partial charge in [-0.15, -0.1) is 0 Å². The van der Waals surface area contributed by atoms with E-state index in [4.69, 9.17) is 16.4 Å². The van der Waals surface area contributed by atoms with Crippen LogP contribution in [0.25, 0.3) is 0 Å². The SMILES string of the molecule is Cc1cccc(N/N=C(\C#N)C(=N)N)c1F. The molecule has 16 heavy (non-hydrogen) atoms. The van der Waals surface area contributed by atoms with Crippen LogP contribution >= 0.6 is 0 Å². The second kappa shape index (κ2) is 4.89. The molecule has 0 atom stereocenters. The monoisotopic (exact) mass is 219 g/mol. The number of hydrazone groups is 1. The second-order valence-electron chi connectivity index (χ2n) is 3.03. The Hall–Kier alpha value is -2.42. The molecule has 82 valence electrons. The third-order valence-corrected chi connectivity index (χ3v) is 1.84. The second-order valence-corrected chi connectivity index (χ2v) is 3.03. The summed E-state index contributed by atoms with van der Waals surface area (Å²) in [5.74, 6) is -0.921. The maximum absolute atomic E-state index is 13.5. The number of hydrogen-bond acceptors (Lipinski definition) is 4. The molecule has 0 saturated heterocycles. The number of benzene rings is 1. The number of hydrogen-bond donors (Lipinski definition) is 3. The number of nitrogens with one attached hydrogen (secondary N) is 2. The van der Waals surface area contributed by atoms with Crippen molar-refractivity contribution < 1.29 is 4.39 Å². The smallest absolute Gasteiger partial charge is 0.201 e. The normalized spacial score (nSPS) is 10.7. The van der Waals surface area contributed by atoms with Gasteiger partial charge in [0.05, 0.1) is 5.69 Å². The highest BCUT2D eigenvalue weighted by molar-refractivity contribution is 6.45. The fourth-order valence-electron chi connectivity index (χ4n) is 0.995. The Morgan fingerprint density at radius 2 is 2.31 bits per heavy atom. The Morgan fingerprint density at radius 3 is 2.88 bits per heavy atom. The van der Waals surface area contributed by atoms with E-state index in [0.29, 0.717) is 5.56 Å². The van der Waals surface area contributed by atoms with Crippen LogP contribution in [0.5, 0.6) is 0 Å². The Balaban J connectivity index is 2.95. The van der Waals surface area contributed by atoms with Gasteiger partial charge in [-0.2, -0.15) is 10.4 Å². The maximum atomic E-state index is 13.5. The number of anilines is 1. The minimum atomic E-state index is -0.469. The highest BCUT2D eigenvalue weighted by atomic mass is 19.1. The number of nitrogens with two attached hydrogens (primary N) is 1. The summed E-state index contributed by atoms with van der Waals surface area (Å²) in [6.07, 6.45) is 0. The van der Waals surface area contributed by atoms with Crippen LogP contribution in [-0.2, 0) is 0 Å². The van der Waals surface area contributed by atoms with Crippen molar-refractivity contribution in [3.63, 3.8) is 0 Å². The Kier molecular flexibility index (Phi) is 3.56. The topological polar surface area (TPSA) is 98.0 Å². The van der Waals surface area contributed by atoms with Gasteiger partial charge in [0, 0.05) is 0 Å². The quantitative estimate of drug-likeness (QED) is 0.406. The van der Waals surface area contributed by atoms with Crippen molar-refractivity contribution in [2.24, 2.45) is 10.8 Å². The number of aryl methyl sites for hydroxylation is 1. The molecule has 0 saturated carbocycles. The van der Waals surface area contributed by atoms with E-state index in [0.717, 1.165) is 0 Å². The van der Waals surface area contributed by atoms with Crippen molar-refractivity contribution in [2.75, 3.05) is 5.43 Å². The fraction of sp³-hybridized carbons (Fsp3) is 0.100. The van der Waals surface area contributed by atoms with E-state index in [9.17, 15) is 4.39 Å². The van der Waals surface area contributed by atoms with E-state index < -0.39 is 11.7 Å². The highest BCUT2D eigenvalue weighted by Crippen LogP contribution is 2.16. The van der Waals surface area contributed by atoms with Crippen LogP contribution in [0.3, 0.4) is 0 Å². The Bertz CT molecular complexity index is 486. The van der Waals surface area contributed by atoms with E-state index >= 15 is 0 Å². The van der Waals surface area contributed by atoms with Crippen LogP contribution in [0.2, 0.25) is 0 Å². The summed E-state index contributed by atoms with van der Waals surface area (Å²) >= 11 is 0. The molecule has 1 rings (SSSR count). The molecule has 0 bridgehead atoms. The summed E-state index contributed by atoms with van der Waals surface area (Å²) in [5.41, 5.74) is 7.73. The van der Waals surface area contributed by atoms with Gasteiger partial charge < -0.3 is 5.73 Å². The molecule has 5 nitrogen and oxygen atoms in total. The zero-order valence-corrected chi connectivity index (χ0v) is 8.58. The lowest BCUT2D eigenvalue weighted by molar-refractivity contribution is 0.621. The molecule has 0 aliphatic heterocycles. The van der Waals surface area contributed by atoms with E-state index in [1.54, 1.807) is 25.1 Å². The number of amidine groups is 1. The molecule has 0 aromatic heterocycles. The summed E-state index contributed by atoms with van der Waals surface area (Å²) in [6.45, 7) is 1.61. The van der Waals surface area contributed by atoms with Gasteiger partial charge in [0.1, 0.15) is 6.07 Å². The maximum Gasteiger partial charge on any atom is 0.201 e. The van der Waals surface area contributed by atoms with Crippen molar-refractivity contribution >= 4 is 17.2 Å². The van der Waals surface area contributed by atoms with Crippen LogP contribution in [0.4, 0.5) is 10.1 Å². The van der Waals surface area contributed by atoms with Crippen molar-refractivity contribution in [1.82, 2.24) is 0 Å².